The van der Waals surface area contributed by atoms with E-state index >= 15 is 0 Å². The Morgan fingerprint density at radius 3 is 2.47 bits per heavy atom. The zero-order valence-electron chi connectivity index (χ0n) is 18.5. The number of hydrogen-bond acceptors (Lipinski definition) is 5. The number of aryl methyl sites for hydroxylation is 1. The molecule has 0 aliphatic carbocycles. The van der Waals surface area contributed by atoms with Gasteiger partial charge in [0, 0.05) is 54.8 Å². The van der Waals surface area contributed by atoms with Gasteiger partial charge in [-0.2, -0.15) is 0 Å². The van der Waals surface area contributed by atoms with Crippen LogP contribution in [0.1, 0.15) is 16.1 Å². The van der Waals surface area contributed by atoms with Gasteiger partial charge in [-0.25, -0.2) is 4.68 Å². The molecule has 0 saturated carbocycles. The van der Waals surface area contributed by atoms with E-state index in [0.717, 1.165) is 16.8 Å². The van der Waals surface area contributed by atoms with Gasteiger partial charge >= 0.3 is 0 Å². The first-order valence-corrected chi connectivity index (χ1v) is 11.7. The maximum Gasteiger partial charge on any atom is 0.276 e. The van der Waals surface area contributed by atoms with Gasteiger partial charge in [-0.3, -0.25) is 9.78 Å². The second-order valence-corrected chi connectivity index (χ2v) is 8.95. The topological polar surface area (TPSA) is 67.2 Å². The van der Waals surface area contributed by atoms with Crippen molar-refractivity contribution in [3.05, 3.63) is 88.3 Å². The fourth-order valence-corrected chi connectivity index (χ4v) is 4.59. The molecule has 0 unspecified atom stereocenters. The molecule has 1 aliphatic heterocycles. The fraction of sp³-hybridized carbons (Fsp3) is 0.200. The van der Waals surface area contributed by atoms with Crippen molar-refractivity contribution in [2.45, 2.75) is 6.92 Å². The van der Waals surface area contributed by atoms with Crippen molar-refractivity contribution in [3.63, 3.8) is 0 Å². The van der Waals surface area contributed by atoms with Gasteiger partial charge in [-0.15, -0.1) is 5.10 Å². The number of hydrogen-bond donors (Lipinski definition) is 0. The van der Waals surface area contributed by atoms with Crippen molar-refractivity contribution in [3.8, 4) is 16.9 Å². The average molecular weight is 493 g/mol. The predicted octanol–water partition coefficient (Wildman–Crippen LogP) is 4.91. The van der Waals surface area contributed by atoms with E-state index in [2.05, 4.69) is 27.1 Å². The number of aromatic nitrogens is 4. The fourth-order valence-electron chi connectivity index (χ4n) is 4.20. The highest BCUT2D eigenvalue weighted by molar-refractivity contribution is 6.32. The first-order chi connectivity index (χ1) is 16.5. The van der Waals surface area contributed by atoms with E-state index in [4.69, 9.17) is 23.2 Å². The zero-order valence-corrected chi connectivity index (χ0v) is 20.0. The molecule has 0 N–H and O–H groups in total. The van der Waals surface area contributed by atoms with Gasteiger partial charge in [0.15, 0.2) is 5.69 Å². The summed E-state index contributed by atoms with van der Waals surface area (Å²) in [7, 11) is 0. The molecule has 2 aromatic heterocycles. The summed E-state index contributed by atoms with van der Waals surface area (Å²) in [5.41, 5.74) is 4.49. The molecule has 4 aromatic rings. The van der Waals surface area contributed by atoms with Crippen molar-refractivity contribution >= 4 is 34.8 Å². The molecule has 34 heavy (non-hydrogen) atoms. The van der Waals surface area contributed by atoms with Crippen LogP contribution in [0.5, 0.6) is 0 Å². The zero-order chi connectivity index (χ0) is 23.7. The van der Waals surface area contributed by atoms with E-state index in [-0.39, 0.29) is 11.6 Å². The lowest BCUT2D eigenvalue weighted by Gasteiger charge is -2.36. The summed E-state index contributed by atoms with van der Waals surface area (Å²) in [6, 6.07) is 16.9. The molecule has 1 fully saturated rings. The number of nitrogens with zero attached hydrogens (tertiary/aromatic N) is 6. The predicted molar refractivity (Wildman–Crippen MR) is 134 cm³/mol. The van der Waals surface area contributed by atoms with Gasteiger partial charge in [0.25, 0.3) is 5.91 Å². The Balaban J connectivity index is 1.45. The van der Waals surface area contributed by atoms with Gasteiger partial charge in [-0.05, 0) is 48.9 Å². The normalized spacial score (nSPS) is 13.9. The first kappa shape index (κ1) is 22.4. The Bertz CT molecular complexity index is 1330. The molecule has 5 rings (SSSR count). The van der Waals surface area contributed by atoms with Crippen LogP contribution < -0.4 is 4.90 Å². The summed E-state index contributed by atoms with van der Waals surface area (Å²) in [5.74, 6) is -0.167. The molecular formula is C25H22Cl2N6O. The van der Waals surface area contributed by atoms with E-state index in [1.165, 1.54) is 0 Å². The van der Waals surface area contributed by atoms with Crippen LogP contribution in [0, 0.1) is 6.92 Å². The van der Waals surface area contributed by atoms with E-state index in [9.17, 15) is 4.79 Å². The van der Waals surface area contributed by atoms with Gasteiger partial charge in [0.05, 0.1) is 10.7 Å². The van der Waals surface area contributed by atoms with E-state index in [0.29, 0.717) is 47.6 Å². The van der Waals surface area contributed by atoms with Crippen molar-refractivity contribution in [1.82, 2.24) is 24.9 Å². The van der Waals surface area contributed by atoms with Gasteiger partial charge in [0.1, 0.15) is 5.69 Å². The minimum absolute atomic E-state index is 0.167. The largest absolute Gasteiger partial charge is 0.368 e. The maximum absolute atomic E-state index is 13.6. The number of pyridine rings is 1. The molecular weight excluding hydrogens is 471 g/mol. The molecule has 0 radical (unpaired) electrons. The van der Waals surface area contributed by atoms with Crippen molar-refractivity contribution in [2.75, 3.05) is 31.1 Å². The first-order valence-electron chi connectivity index (χ1n) is 10.9. The van der Waals surface area contributed by atoms with E-state index in [1.807, 2.05) is 53.4 Å². The van der Waals surface area contributed by atoms with Crippen LogP contribution in [0.2, 0.25) is 10.0 Å². The molecule has 7 nitrogen and oxygen atoms in total. The van der Waals surface area contributed by atoms with Crippen LogP contribution in [0.4, 0.5) is 5.69 Å². The van der Waals surface area contributed by atoms with Gasteiger partial charge in [0.2, 0.25) is 0 Å². The SMILES string of the molecule is Cc1ccc(Cl)cc1N1CCN(C(=O)c2nnn(-c3ccccc3Cl)c2-c2cccnc2)CC1. The number of carbonyl (C=O) groups is 1. The van der Waals surface area contributed by atoms with Gasteiger partial charge in [-0.1, -0.05) is 46.6 Å². The Kier molecular flexibility index (Phi) is 6.22. The summed E-state index contributed by atoms with van der Waals surface area (Å²) in [4.78, 5) is 21.9. The Labute approximate surface area is 207 Å². The number of para-hydroxylation sites is 1. The summed E-state index contributed by atoms with van der Waals surface area (Å²) in [6.45, 7) is 4.60. The molecule has 0 spiro atoms. The third kappa shape index (κ3) is 4.24. The summed E-state index contributed by atoms with van der Waals surface area (Å²) in [5, 5.41) is 9.82. The molecule has 9 heteroatoms. The lowest BCUT2D eigenvalue weighted by Crippen LogP contribution is -2.49. The quantitative estimate of drug-likeness (QED) is 0.404. The Morgan fingerprint density at radius 2 is 1.74 bits per heavy atom. The summed E-state index contributed by atoms with van der Waals surface area (Å²) in [6.07, 6.45) is 3.38. The number of benzene rings is 2. The van der Waals surface area contributed by atoms with Gasteiger partial charge < -0.3 is 9.80 Å². The van der Waals surface area contributed by atoms with Crippen LogP contribution in [-0.4, -0.2) is 57.0 Å². The number of carbonyl (C=O) groups excluding carboxylic acids is 1. The smallest absolute Gasteiger partial charge is 0.276 e. The Hall–Kier alpha value is -3.42. The second kappa shape index (κ2) is 9.44. The highest BCUT2D eigenvalue weighted by Gasteiger charge is 2.29. The number of piperazine rings is 1. The highest BCUT2D eigenvalue weighted by atomic mass is 35.5. The minimum atomic E-state index is -0.167. The van der Waals surface area contributed by atoms with Crippen molar-refractivity contribution < 1.29 is 4.79 Å². The van der Waals surface area contributed by atoms with Crippen LogP contribution >= 0.6 is 23.2 Å². The molecule has 2 aromatic carbocycles. The van der Waals surface area contributed by atoms with E-state index < -0.39 is 0 Å². The third-order valence-electron chi connectivity index (χ3n) is 5.97. The van der Waals surface area contributed by atoms with Crippen molar-refractivity contribution in [1.29, 1.82) is 0 Å². The van der Waals surface area contributed by atoms with Crippen LogP contribution in [0.3, 0.4) is 0 Å². The van der Waals surface area contributed by atoms with E-state index in [1.54, 1.807) is 23.1 Å². The monoisotopic (exact) mass is 492 g/mol. The number of amides is 1. The number of rotatable bonds is 4. The van der Waals surface area contributed by atoms with Crippen molar-refractivity contribution in [2.24, 2.45) is 0 Å². The highest BCUT2D eigenvalue weighted by Crippen LogP contribution is 2.30. The standard InChI is InChI=1S/C25H22Cl2N6O/c1-17-8-9-19(26)15-22(17)31-11-13-32(14-12-31)25(34)23-24(18-5-4-10-28-16-18)33(30-29-23)21-7-3-2-6-20(21)27/h2-10,15-16H,11-14H2,1H3. The Morgan fingerprint density at radius 1 is 0.941 bits per heavy atom. The molecule has 1 saturated heterocycles. The maximum atomic E-state index is 13.6. The van der Waals surface area contributed by atoms with Crippen LogP contribution in [0.25, 0.3) is 16.9 Å². The van der Waals surface area contributed by atoms with Crippen LogP contribution in [0.15, 0.2) is 67.0 Å². The summed E-state index contributed by atoms with van der Waals surface area (Å²) >= 11 is 12.7. The summed E-state index contributed by atoms with van der Waals surface area (Å²) < 4.78 is 1.61. The second-order valence-electron chi connectivity index (χ2n) is 8.10. The third-order valence-corrected chi connectivity index (χ3v) is 6.52. The average Bonchev–Trinajstić information content (AvgIpc) is 3.31. The molecule has 1 aliphatic rings. The lowest BCUT2D eigenvalue weighted by molar-refractivity contribution is 0.0741. The molecule has 0 bridgehead atoms. The number of anilines is 1. The molecule has 0 atom stereocenters. The molecule has 1 amide bonds. The minimum Gasteiger partial charge on any atom is -0.368 e. The lowest BCUT2D eigenvalue weighted by atomic mass is 10.1. The number of halogens is 2. The molecule has 172 valence electrons. The molecule has 3 heterocycles. The van der Waals surface area contributed by atoms with Crippen LogP contribution in [-0.2, 0) is 0 Å².